The Morgan fingerprint density at radius 2 is 1.95 bits per heavy atom. The summed E-state index contributed by atoms with van der Waals surface area (Å²) in [6.07, 6.45) is 6.60. The summed E-state index contributed by atoms with van der Waals surface area (Å²) < 4.78 is 5.22. The fourth-order valence-electron chi connectivity index (χ4n) is 3.78. The molecule has 4 rings (SSSR count). The predicted octanol–water partition coefficient (Wildman–Crippen LogP) is 3.39. The van der Waals surface area contributed by atoms with Gasteiger partial charge in [-0.3, -0.25) is 4.90 Å². The van der Waals surface area contributed by atoms with Crippen LogP contribution in [0.5, 0.6) is 5.75 Å². The number of H-pyrrole nitrogens is 1. The van der Waals surface area contributed by atoms with Crippen LogP contribution in [0.15, 0.2) is 24.3 Å². The third-order valence-corrected chi connectivity index (χ3v) is 5.07. The molecule has 1 aromatic heterocycles. The quantitative estimate of drug-likeness (QED) is 0.944. The summed E-state index contributed by atoms with van der Waals surface area (Å²) in [7, 11) is 1.69. The van der Waals surface area contributed by atoms with Crippen LogP contribution < -0.4 is 4.74 Å². The lowest BCUT2D eigenvalue weighted by molar-refractivity contribution is 0.178. The minimum Gasteiger partial charge on any atom is -0.497 e. The van der Waals surface area contributed by atoms with Gasteiger partial charge < -0.3 is 9.72 Å². The van der Waals surface area contributed by atoms with Crippen molar-refractivity contribution < 1.29 is 4.74 Å². The monoisotopic (exact) mass is 297 g/mol. The Labute approximate surface area is 131 Å². The van der Waals surface area contributed by atoms with Gasteiger partial charge in [0, 0.05) is 31.1 Å². The van der Waals surface area contributed by atoms with Gasteiger partial charge in [-0.15, -0.1) is 0 Å². The Balaban J connectivity index is 1.55. The number of aromatic nitrogens is 2. The summed E-state index contributed by atoms with van der Waals surface area (Å²) in [5.41, 5.74) is 3.69. The Morgan fingerprint density at radius 1 is 1.18 bits per heavy atom. The van der Waals surface area contributed by atoms with Crippen molar-refractivity contribution >= 4 is 0 Å². The molecular formula is C18H23N3O. The van der Waals surface area contributed by atoms with Crippen molar-refractivity contribution in [2.75, 3.05) is 13.7 Å². The first-order valence-electron chi connectivity index (χ1n) is 8.30. The van der Waals surface area contributed by atoms with E-state index in [0.29, 0.717) is 0 Å². The summed E-state index contributed by atoms with van der Waals surface area (Å²) in [5, 5.41) is 0. The fraction of sp³-hybridized carbons (Fsp3) is 0.500. The summed E-state index contributed by atoms with van der Waals surface area (Å²) in [6.45, 7) is 2.19. The number of hydrogen-bond donors (Lipinski definition) is 1. The molecule has 1 aliphatic heterocycles. The van der Waals surface area contributed by atoms with E-state index in [1.54, 1.807) is 7.11 Å². The van der Waals surface area contributed by atoms with Crippen molar-refractivity contribution in [1.29, 1.82) is 0 Å². The number of rotatable bonds is 3. The molecule has 1 fully saturated rings. The summed E-state index contributed by atoms with van der Waals surface area (Å²) in [5.74, 6) is 1.87. The van der Waals surface area contributed by atoms with Crippen molar-refractivity contribution in [3.63, 3.8) is 0 Å². The van der Waals surface area contributed by atoms with Crippen LogP contribution in [0.2, 0.25) is 0 Å². The molecule has 1 saturated carbocycles. The zero-order valence-electron chi connectivity index (χ0n) is 13.1. The molecule has 0 bridgehead atoms. The lowest BCUT2D eigenvalue weighted by Crippen LogP contribution is -2.37. The van der Waals surface area contributed by atoms with Gasteiger partial charge in [0.15, 0.2) is 0 Å². The number of benzene rings is 1. The van der Waals surface area contributed by atoms with Gasteiger partial charge in [0.2, 0.25) is 0 Å². The molecule has 1 aliphatic carbocycles. The minimum absolute atomic E-state index is 0.792. The average Bonchev–Trinajstić information content (AvgIpc) is 3.23. The van der Waals surface area contributed by atoms with Gasteiger partial charge in [-0.25, -0.2) is 4.98 Å². The molecule has 2 aromatic rings. The van der Waals surface area contributed by atoms with Crippen LogP contribution in [0.3, 0.4) is 0 Å². The third kappa shape index (κ3) is 2.52. The second kappa shape index (κ2) is 5.76. The van der Waals surface area contributed by atoms with Gasteiger partial charge >= 0.3 is 0 Å². The lowest BCUT2D eigenvalue weighted by atomic mass is 10.1. The van der Waals surface area contributed by atoms with Gasteiger partial charge in [-0.05, 0) is 37.1 Å². The van der Waals surface area contributed by atoms with Crippen LogP contribution >= 0.6 is 0 Å². The van der Waals surface area contributed by atoms with Gasteiger partial charge in [0.05, 0.1) is 18.5 Å². The lowest BCUT2D eigenvalue weighted by Gasteiger charge is -2.31. The summed E-state index contributed by atoms with van der Waals surface area (Å²) in [4.78, 5) is 11.0. The number of aromatic amines is 1. The largest absolute Gasteiger partial charge is 0.497 e. The van der Waals surface area contributed by atoms with Crippen LogP contribution in [0.25, 0.3) is 11.4 Å². The highest BCUT2D eigenvalue weighted by molar-refractivity contribution is 5.57. The molecule has 0 atom stereocenters. The molecule has 0 saturated heterocycles. The minimum atomic E-state index is 0.792. The molecule has 2 aliphatic rings. The maximum atomic E-state index is 5.22. The van der Waals surface area contributed by atoms with Crippen LogP contribution in [0.4, 0.5) is 0 Å². The van der Waals surface area contributed by atoms with Crippen LogP contribution in [0.1, 0.15) is 37.1 Å². The molecular weight excluding hydrogens is 274 g/mol. The number of imidazole rings is 1. The van der Waals surface area contributed by atoms with Gasteiger partial charge in [0.1, 0.15) is 11.6 Å². The summed E-state index contributed by atoms with van der Waals surface area (Å²) in [6, 6.07) is 8.90. The Morgan fingerprint density at radius 3 is 2.68 bits per heavy atom. The molecule has 4 heteroatoms. The van der Waals surface area contributed by atoms with E-state index in [-0.39, 0.29) is 0 Å². The van der Waals surface area contributed by atoms with Crippen LogP contribution in [0, 0.1) is 0 Å². The number of hydrogen-bond acceptors (Lipinski definition) is 3. The zero-order valence-corrected chi connectivity index (χ0v) is 13.1. The van der Waals surface area contributed by atoms with E-state index in [1.807, 2.05) is 12.1 Å². The van der Waals surface area contributed by atoms with E-state index in [4.69, 9.17) is 9.72 Å². The zero-order chi connectivity index (χ0) is 14.9. The fourth-order valence-corrected chi connectivity index (χ4v) is 3.78. The second-order valence-corrected chi connectivity index (χ2v) is 6.40. The molecule has 0 radical (unpaired) electrons. The van der Waals surface area contributed by atoms with Crippen LogP contribution in [-0.2, 0) is 13.0 Å². The SMILES string of the molecule is COc1ccc(-c2nc3c([nH]2)CN(C2CCCC2)CC3)cc1. The van der Waals surface area contributed by atoms with E-state index >= 15 is 0 Å². The highest BCUT2D eigenvalue weighted by Gasteiger charge is 2.27. The first-order valence-corrected chi connectivity index (χ1v) is 8.30. The van der Waals surface area contributed by atoms with Gasteiger partial charge in [0.25, 0.3) is 0 Å². The van der Waals surface area contributed by atoms with E-state index in [9.17, 15) is 0 Å². The smallest absolute Gasteiger partial charge is 0.137 e. The maximum Gasteiger partial charge on any atom is 0.137 e. The molecule has 22 heavy (non-hydrogen) atoms. The number of ether oxygens (including phenoxy) is 1. The molecule has 1 aromatic carbocycles. The normalized spacial score (nSPS) is 19.3. The third-order valence-electron chi connectivity index (χ3n) is 5.07. The van der Waals surface area contributed by atoms with E-state index < -0.39 is 0 Å². The molecule has 0 spiro atoms. The topological polar surface area (TPSA) is 41.1 Å². The van der Waals surface area contributed by atoms with Crippen molar-refractivity contribution in [2.45, 2.75) is 44.7 Å². The second-order valence-electron chi connectivity index (χ2n) is 6.40. The van der Waals surface area contributed by atoms with Crippen LogP contribution in [-0.4, -0.2) is 34.6 Å². The van der Waals surface area contributed by atoms with Gasteiger partial charge in [-0.2, -0.15) is 0 Å². The molecule has 1 N–H and O–H groups in total. The molecule has 0 amide bonds. The Bertz CT molecular complexity index is 641. The average molecular weight is 297 g/mol. The van der Waals surface area contributed by atoms with Crippen molar-refractivity contribution in [3.8, 4) is 17.1 Å². The van der Waals surface area contributed by atoms with E-state index in [2.05, 4.69) is 22.0 Å². The van der Waals surface area contributed by atoms with Crippen molar-refractivity contribution in [1.82, 2.24) is 14.9 Å². The van der Waals surface area contributed by atoms with Crippen molar-refractivity contribution in [2.24, 2.45) is 0 Å². The highest BCUT2D eigenvalue weighted by atomic mass is 16.5. The summed E-state index contributed by atoms with van der Waals surface area (Å²) >= 11 is 0. The van der Waals surface area contributed by atoms with Gasteiger partial charge in [-0.1, -0.05) is 12.8 Å². The number of fused-ring (bicyclic) bond motifs is 1. The Hall–Kier alpha value is -1.81. The standard InChI is InChI=1S/C18H23N3O/c1-22-15-8-6-13(7-9-15)18-19-16-10-11-21(12-17(16)20-18)14-4-2-3-5-14/h6-9,14H,2-5,10-12H2,1H3,(H,19,20). The Kier molecular flexibility index (Phi) is 3.62. The first kappa shape index (κ1) is 13.8. The number of nitrogens with one attached hydrogen (secondary N) is 1. The molecule has 2 heterocycles. The molecule has 4 nitrogen and oxygen atoms in total. The van der Waals surface area contributed by atoms with E-state index in [1.165, 1.54) is 37.1 Å². The highest BCUT2D eigenvalue weighted by Crippen LogP contribution is 2.29. The first-order chi connectivity index (χ1) is 10.8. The number of nitrogens with zero attached hydrogens (tertiary/aromatic N) is 2. The number of methoxy groups -OCH3 is 1. The van der Waals surface area contributed by atoms with Crippen molar-refractivity contribution in [3.05, 3.63) is 35.7 Å². The predicted molar refractivity (Wildman–Crippen MR) is 86.9 cm³/mol. The van der Waals surface area contributed by atoms with E-state index in [0.717, 1.165) is 42.7 Å². The molecule has 0 unspecified atom stereocenters. The molecule has 116 valence electrons. The maximum absolute atomic E-state index is 5.22.